The van der Waals surface area contributed by atoms with Gasteiger partial charge in [0.1, 0.15) is 11.9 Å². The van der Waals surface area contributed by atoms with Gasteiger partial charge in [0.25, 0.3) is 0 Å². The van der Waals surface area contributed by atoms with Crippen molar-refractivity contribution < 1.29 is 4.74 Å². The van der Waals surface area contributed by atoms with E-state index < -0.39 is 0 Å². The Morgan fingerprint density at radius 1 is 1.10 bits per heavy atom. The first-order valence-electron chi connectivity index (χ1n) is 7.66. The summed E-state index contributed by atoms with van der Waals surface area (Å²) in [5.74, 6) is 0.948. The highest BCUT2D eigenvalue weighted by molar-refractivity contribution is 6.30. The maximum Gasteiger partial charge on any atom is 0.124 e. The molecule has 2 heteroatoms. The molecule has 0 fully saturated rings. The average molecular weight is 303 g/mol. The van der Waals surface area contributed by atoms with E-state index in [4.69, 9.17) is 16.3 Å². The number of benzene rings is 2. The monoisotopic (exact) mass is 302 g/mol. The van der Waals surface area contributed by atoms with Crippen molar-refractivity contribution in [2.75, 3.05) is 0 Å². The van der Waals surface area contributed by atoms with Crippen molar-refractivity contribution in [3.05, 3.63) is 64.2 Å². The summed E-state index contributed by atoms with van der Waals surface area (Å²) in [6, 6.07) is 14.3. The molecule has 21 heavy (non-hydrogen) atoms. The lowest BCUT2D eigenvalue weighted by atomic mass is 10.00. The Morgan fingerprint density at radius 2 is 1.86 bits per heavy atom. The van der Waals surface area contributed by atoms with Crippen molar-refractivity contribution in [2.45, 2.75) is 46.1 Å². The molecule has 0 aliphatic rings. The smallest absolute Gasteiger partial charge is 0.124 e. The maximum absolute atomic E-state index is 6.34. The van der Waals surface area contributed by atoms with Gasteiger partial charge in [-0.05, 0) is 54.7 Å². The lowest BCUT2D eigenvalue weighted by Crippen LogP contribution is -2.10. The number of halogens is 1. The van der Waals surface area contributed by atoms with Crippen molar-refractivity contribution in [2.24, 2.45) is 0 Å². The Balaban J connectivity index is 2.31. The molecule has 0 amide bonds. The second kappa shape index (κ2) is 7.51. The molecule has 0 radical (unpaired) electrons. The molecule has 0 saturated heterocycles. The molecular weight excluding hydrogens is 280 g/mol. The molecule has 0 bridgehead atoms. The van der Waals surface area contributed by atoms with Crippen LogP contribution in [-0.2, 0) is 6.42 Å². The summed E-state index contributed by atoms with van der Waals surface area (Å²) in [5, 5.41) is 0.766. The van der Waals surface area contributed by atoms with Gasteiger partial charge in [0.05, 0.1) is 0 Å². The highest BCUT2D eigenvalue weighted by Gasteiger charge is 2.16. The molecule has 1 atom stereocenters. The van der Waals surface area contributed by atoms with Gasteiger partial charge in [0.2, 0.25) is 0 Å². The summed E-state index contributed by atoms with van der Waals surface area (Å²) >= 11 is 6.08. The highest BCUT2D eigenvalue weighted by atomic mass is 35.5. The summed E-state index contributed by atoms with van der Waals surface area (Å²) in [6.45, 7) is 6.46. The van der Waals surface area contributed by atoms with Gasteiger partial charge in [-0.3, -0.25) is 0 Å². The Bertz CT molecular complexity index is 592. The van der Waals surface area contributed by atoms with Gasteiger partial charge in [-0.15, -0.1) is 0 Å². The van der Waals surface area contributed by atoms with Gasteiger partial charge in [-0.1, -0.05) is 56.1 Å². The van der Waals surface area contributed by atoms with Crippen molar-refractivity contribution in [3.63, 3.8) is 0 Å². The molecule has 0 aliphatic heterocycles. The lowest BCUT2D eigenvalue weighted by Gasteiger charge is -2.22. The van der Waals surface area contributed by atoms with Gasteiger partial charge in [0, 0.05) is 5.02 Å². The van der Waals surface area contributed by atoms with Gasteiger partial charge in [-0.25, -0.2) is 0 Å². The fourth-order valence-corrected chi connectivity index (χ4v) is 2.78. The van der Waals surface area contributed by atoms with Crippen LogP contribution >= 0.6 is 11.6 Å². The Kier molecular flexibility index (Phi) is 5.69. The Labute approximate surface area is 132 Å². The number of ether oxygens (including phenoxy) is 1. The quantitative estimate of drug-likeness (QED) is 0.623. The third kappa shape index (κ3) is 4.01. The second-order valence-electron chi connectivity index (χ2n) is 5.36. The number of hydrogen-bond donors (Lipinski definition) is 0. The highest BCUT2D eigenvalue weighted by Crippen LogP contribution is 2.31. The third-order valence-corrected chi connectivity index (χ3v) is 3.99. The van der Waals surface area contributed by atoms with Crippen LogP contribution < -0.4 is 4.74 Å². The van der Waals surface area contributed by atoms with Crippen molar-refractivity contribution in [1.82, 2.24) is 0 Å². The molecular formula is C19H23ClO. The van der Waals surface area contributed by atoms with Crippen LogP contribution in [-0.4, -0.2) is 0 Å². The first-order chi connectivity index (χ1) is 10.2. The molecule has 0 saturated carbocycles. The number of rotatable bonds is 6. The van der Waals surface area contributed by atoms with Gasteiger partial charge < -0.3 is 4.74 Å². The molecule has 2 aromatic rings. The minimum atomic E-state index is 0.0997. The van der Waals surface area contributed by atoms with Crippen LogP contribution in [0.3, 0.4) is 0 Å². The largest absolute Gasteiger partial charge is 0.485 e. The molecule has 0 heterocycles. The van der Waals surface area contributed by atoms with E-state index in [2.05, 4.69) is 45.0 Å². The van der Waals surface area contributed by atoms with E-state index in [-0.39, 0.29) is 6.10 Å². The van der Waals surface area contributed by atoms with Crippen LogP contribution in [0.5, 0.6) is 5.75 Å². The number of hydrogen-bond acceptors (Lipinski definition) is 1. The maximum atomic E-state index is 6.34. The predicted octanol–water partition coefficient (Wildman–Crippen LogP) is 6.13. The number of aryl methyl sites for hydroxylation is 2. The van der Waals surface area contributed by atoms with E-state index in [1.165, 1.54) is 11.1 Å². The predicted molar refractivity (Wildman–Crippen MR) is 90.3 cm³/mol. The van der Waals surface area contributed by atoms with Gasteiger partial charge in [0.15, 0.2) is 0 Å². The van der Waals surface area contributed by atoms with Crippen molar-refractivity contribution in [3.8, 4) is 5.75 Å². The summed E-state index contributed by atoms with van der Waals surface area (Å²) in [7, 11) is 0. The average Bonchev–Trinajstić information content (AvgIpc) is 2.49. The summed E-state index contributed by atoms with van der Waals surface area (Å²) in [5.41, 5.74) is 3.72. The Morgan fingerprint density at radius 3 is 2.52 bits per heavy atom. The molecule has 2 rings (SSSR count). The van der Waals surface area contributed by atoms with E-state index in [9.17, 15) is 0 Å². The second-order valence-corrected chi connectivity index (χ2v) is 5.79. The van der Waals surface area contributed by atoms with Crippen molar-refractivity contribution in [1.29, 1.82) is 0 Å². The Hall–Kier alpha value is -1.47. The summed E-state index contributed by atoms with van der Waals surface area (Å²) in [4.78, 5) is 0. The van der Waals surface area contributed by atoms with Crippen LogP contribution in [0.15, 0.2) is 42.5 Å². The van der Waals surface area contributed by atoms with Crippen LogP contribution in [0.1, 0.15) is 49.5 Å². The zero-order valence-electron chi connectivity index (χ0n) is 13.0. The minimum Gasteiger partial charge on any atom is -0.485 e. The van der Waals surface area contributed by atoms with E-state index in [1.807, 2.05) is 18.2 Å². The van der Waals surface area contributed by atoms with E-state index in [0.717, 1.165) is 35.6 Å². The van der Waals surface area contributed by atoms with Crippen LogP contribution in [0, 0.1) is 6.92 Å². The van der Waals surface area contributed by atoms with Crippen LogP contribution in [0.4, 0.5) is 0 Å². The fourth-order valence-electron chi connectivity index (χ4n) is 2.58. The standard InChI is InChI=1S/C19H23ClO/c1-4-8-19(17-10-7-6-9-14(17)3)21-18-12-11-16(20)13-15(18)5-2/h6-7,9-13,19H,4-5,8H2,1-3H3. The third-order valence-electron chi connectivity index (χ3n) is 3.76. The molecule has 0 aliphatic carbocycles. The van der Waals surface area contributed by atoms with Gasteiger partial charge >= 0.3 is 0 Å². The van der Waals surface area contributed by atoms with Crippen molar-refractivity contribution >= 4 is 11.6 Å². The van der Waals surface area contributed by atoms with Crippen LogP contribution in [0.25, 0.3) is 0 Å². The molecule has 1 unspecified atom stereocenters. The van der Waals surface area contributed by atoms with E-state index >= 15 is 0 Å². The summed E-state index contributed by atoms with van der Waals surface area (Å²) < 4.78 is 6.34. The SMILES string of the molecule is CCCC(Oc1ccc(Cl)cc1CC)c1ccccc1C. The van der Waals surface area contributed by atoms with E-state index in [0.29, 0.717) is 0 Å². The zero-order chi connectivity index (χ0) is 15.2. The first-order valence-corrected chi connectivity index (χ1v) is 8.04. The van der Waals surface area contributed by atoms with Crippen LogP contribution in [0.2, 0.25) is 5.02 Å². The molecule has 0 spiro atoms. The normalized spacial score (nSPS) is 12.2. The fraction of sp³-hybridized carbons (Fsp3) is 0.368. The first kappa shape index (κ1) is 15.9. The molecule has 2 aromatic carbocycles. The molecule has 0 aromatic heterocycles. The topological polar surface area (TPSA) is 9.23 Å². The lowest BCUT2D eigenvalue weighted by molar-refractivity contribution is 0.191. The molecule has 112 valence electrons. The molecule has 0 N–H and O–H groups in total. The van der Waals surface area contributed by atoms with Gasteiger partial charge in [-0.2, -0.15) is 0 Å². The molecule has 1 nitrogen and oxygen atoms in total. The minimum absolute atomic E-state index is 0.0997. The summed E-state index contributed by atoms with van der Waals surface area (Å²) in [6.07, 6.45) is 3.12. The zero-order valence-corrected chi connectivity index (χ0v) is 13.8. The van der Waals surface area contributed by atoms with E-state index in [1.54, 1.807) is 0 Å².